The molecule has 2 amide bonds. The fourth-order valence-electron chi connectivity index (χ4n) is 6.02. The normalized spacial score (nSPS) is 25.4. The van der Waals surface area contributed by atoms with Gasteiger partial charge in [-0.1, -0.05) is 32.0 Å². The van der Waals surface area contributed by atoms with Crippen molar-refractivity contribution in [1.82, 2.24) is 15.2 Å². The number of alkyl halides is 3. The van der Waals surface area contributed by atoms with E-state index >= 15 is 4.39 Å². The summed E-state index contributed by atoms with van der Waals surface area (Å²) >= 11 is 1.84. The second-order valence-electron chi connectivity index (χ2n) is 10.6. The molecule has 0 radical (unpaired) electrons. The van der Waals surface area contributed by atoms with Crippen LogP contribution in [0, 0.1) is 5.82 Å². The van der Waals surface area contributed by atoms with Gasteiger partial charge in [-0.05, 0) is 76.4 Å². The van der Waals surface area contributed by atoms with Gasteiger partial charge in [0.1, 0.15) is 17.0 Å². The maximum Gasteiger partial charge on any atom is 0.416 e. The molecule has 0 bridgehead atoms. The van der Waals surface area contributed by atoms with Crippen molar-refractivity contribution in [2.24, 2.45) is 0 Å². The first-order chi connectivity index (χ1) is 20.0. The molecule has 3 unspecified atom stereocenters. The molecule has 6 nitrogen and oxygen atoms in total. The molecule has 3 aliphatic heterocycles. The number of nitrogens with zero attached hydrogens (tertiary/aromatic N) is 2. The smallest absolute Gasteiger partial charge is 0.356 e. The van der Waals surface area contributed by atoms with Gasteiger partial charge in [0.25, 0.3) is 0 Å². The second kappa shape index (κ2) is 12.7. The van der Waals surface area contributed by atoms with Crippen LogP contribution < -0.4 is 5.32 Å². The minimum atomic E-state index is -4.37. The molecule has 1 aromatic heterocycles. The second-order valence-corrected chi connectivity index (χ2v) is 10.6. The van der Waals surface area contributed by atoms with Gasteiger partial charge < -0.3 is 4.74 Å². The largest absolute Gasteiger partial charge is 0.416 e. The van der Waals surface area contributed by atoms with Crippen LogP contribution in [-0.4, -0.2) is 40.4 Å². The molecule has 0 saturated carbocycles. The zero-order chi connectivity index (χ0) is 30.9. The zero-order valence-corrected chi connectivity index (χ0v) is 26.4. The lowest BCUT2D eigenvalue weighted by molar-refractivity contribution is -0.138. The number of fused-ring (bicyclic) bond motifs is 2. The maximum atomic E-state index is 16.0. The number of carbonyl (C=O) groups excluding carboxylic acids is 2. The Kier molecular flexibility index (Phi) is 9.90. The Labute approximate surface area is 259 Å². The van der Waals surface area contributed by atoms with Gasteiger partial charge in [0.15, 0.2) is 0 Å². The molecule has 12 heteroatoms. The number of likely N-dealkylation sites (tertiary alicyclic amines) is 1. The molecule has 0 spiro atoms. The molecular weight excluding hydrogens is 685 g/mol. The van der Waals surface area contributed by atoms with Crippen molar-refractivity contribution in [2.75, 3.05) is 13.1 Å². The Hall–Kier alpha value is -2.29. The van der Waals surface area contributed by atoms with Crippen molar-refractivity contribution in [1.29, 1.82) is 0 Å². The molecule has 3 aliphatic rings. The summed E-state index contributed by atoms with van der Waals surface area (Å²) in [6.45, 7) is 7.48. The van der Waals surface area contributed by atoms with Crippen LogP contribution in [0.2, 0.25) is 0 Å². The first-order valence-corrected chi connectivity index (χ1v) is 16.9. The number of ether oxygens (including phenoxy) is 1. The summed E-state index contributed by atoms with van der Waals surface area (Å²) in [5.41, 5.74) is 0.0658. The number of imide groups is 1. The Morgan fingerprint density at radius 3 is 2.45 bits per heavy atom. The number of hydrogen-bond donors (Lipinski definition) is 2. The van der Waals surface area contributed by atoms with Crippen molar-refractivity contribution in [2.45, 2.75) is 69.9 Å². The third-order valence-corrected chi connectivity index (χ3v) is 8.10. The number of benzene rings is 2. The van der Waals surface area contributed by atoms with Crippen LogP contribution in [-0.2, 0) is 32.6 Å². The van der Waals surface area contributed by atoms with Gasteiger partial charge in [0.2, 0.25) is 11.8 Å². The van der Waals surface area contributed by atoms with Crippen molar-refractivity contribution in [3.05, 3.63) is 76.7 Å². The summed E-state index contributed by atoms with van der Waals surface area (Å²) in [7, 11) is 3.50. The fourth-order valence-corrected chi connectivity index (χ4v) is 6.02. The van der Waals surface area contributed by atoms with Crippen LogP contribution in [0.4, 0.5) is 17.6 Å². The first kappa shape index (κ1) is 32.6. The maximum absolute atomic E-state index is 16.0. The van der Waals surface area contributed by atoms with E-state index in [1.807, 2.05) is 42.0 Å². The molecule has 2 aromatic carbocycles. The molecule has 1 N–H and O–H groups in total. The summed E-state index contributed by atoms with van der Waals surface area (Å²) in [4.78, 5) is 30.3. The number of aromatic nitrogens is 1. The van der Waals surface area contributed by atoms with Gasteiger partial charge in [-0.25, -0.2) is 4.39 Å². The van der Waals surface area contributed by atoms with Crippen molar-refractivity contribution in [3.8, 4) is 0 Å². The minimum absolute atomic E-state index is 0.218. The van der Waals surface area contributed by atoms with E-state index in [1.165, 1.54) is 12.1 Å². The number of amides is 2. The minimum Gasteiger partial charge on any atom is -0.356 e. The third-order valence-electron chi connectivity index (χ3n) is 8.10. The Morgan fingerprint density at radius 1 is 1.14 bits per heavy atom. The Morgan fingerprint density at radius 2 is 1.83 bits per heavy atom. The number of carbonyl (C=O) groups is 2. The summed E-state index contributed by atoms with van der Waals surface area (Å²) in [6, 6.07) is 10.2. The molecule has 4 heterocycles. The van der Waals surface area contributed by atoms with Gasteiger partial charge in [0, 0.05) is 43.2 Å². The number of epoxide rings is 1. The highest BCUT2D eigenvalue weighted by Crippen LogP contribution is 2.61. The highest BCUT2D eigenvalue weighted by atomic mass is 127. The lowest BCUT2D eigenvalue weighted by Crippen LogP contribution is -2.44. The monoisotopic (exact) mass is 717 g/mol. The van der Waals surface area contributed by atoms with Crippen molar-refractivity contribution < 1.29 is 31.9 Å². The average molecular weight is 718 g/mol. The van der Waals surface area contributed by atoms with E-state index in [0.29, 0.717) is 54.5 Å². The van der Waals surface area contributed by atoms with Gasteiger partial charge >= 0.3 is 6.18 Å². The Bertz CT molecular complexity index is 1470. The van der Waals surface area contributed by atoms with E-state index in [4.69, 9.17) is 4.74 Å². The van der Waals surface area contributed by atoms with Gasteiger partial charge in [-0.15, -0.1) is 9.80 Å². The number of halogens is 5. The van der Waals surface area contributed by atoms with E-state index < -0.39 is 40.6 Å². The number of rotatable bonds is 4. The van der Waals surface area contributed by atoms with Gasteiger partial charge in [-0.2, -0.15) is 13.2 Å². The predicted molar refractivity (Wildman–Crippen MR) is 164 cm³/mol. The Balaban J connectivity index is 0.000000972. The lowest BCUT2D eigenvalue weighted by atomic mass is 9.80. The van der Waals surface area contributed by atoms with E-state index in [1.54, 1.807) is 24.4 Å². The van der Waals surface area contributed by atoms with Crippen LogP contribution >= 0.6 is 31.0 Å². The highest BCUT2D eigenvalue weighted by Gasteiger charge is 2.70. The van der Waals surface area contributed by atoms with Crippen LogP contribution in [0.15, 0.2) is 48.7 Å². The quantitative estimate of drug-likeness (QED) is 0.0992. The third kappa shape index (κ3) is 6.18. The summed E-state index contributed by atoms with van der Waals surface area (Å²) in [6.07, 6.45) is -1.74. The summed E-state index contributed by atoms with van der Waals surface area (Å²) < 4.78 is 60.9. The number of pyridine rings is 1. The number of piperidine rings is 2. The highest BCUT2D eigenvalue weighted by molar-refractivity contribution is 14.2. The van der Waals surface area contributed by atoms with Crippen molar-refractivity contribution >= 4 is 53.7 Å². The molecule has 226 valence electrons. The predicted octanol–water partition coefficient (Wildman–Crippen LogP) is 7.10. The van der Waals surface area contributed by atoms with E-state index in [0.717, 1.165) is 17.7 Å². The van der Waals surface area contributed by atoms with Gasteiger partial charge in [-0.3, -0.25) is 24.8 Å². The topological polar surface area (TPSA) is 74.8 Å². The fraction of sp³-hybridized carbons (Fsp3) is 0.433. The average Bonchev–Trinajstić information content (AvgIpc) is 3.61. The summed E-state index contributed by atoms with van der Waals surface area (Å²) in [5, 5.41) is 2.62. The SMILES string of the molecule is CC.CC12CN(Cc3ccc(C(F)(F)F)cc3)CCC1(c1ccc3ncc(C4CCC(=O)NC4=O)cc3c1F)O2.SI. The van der Waals surface area contributed by atoms with Crippen LogP contribution in [0.25, 0.3) is 10.9 Å². The lowest BCUT2D eigenvalue weighted by Gasteiger charge is -2.33. The van der Waals surface area contributed by atoms with Gasteiger partial charge in [0.05, 0.1) is 17.0 Å². The zero-order valence-electron chi connectivity index (χ0n) is 23.4. The molecular formula is C30H32F4IN3O3S. The molecule has 42 heavy (non-hydrogen) atoms. The molecule has 6 rings (SSSR count). The molecule has 3 aromatic rings. The van der Waals surface area contributed by atoms with E-state index in [-0.39, 0.29) is 12.3 Å². The van der Waals surface area contributed by atoms with E-state index in [9.17, 15) is 22.8 Å². The summed E-state index contributed by atoms with van der Waals surface area (Å²) in [5.74, 6) is -1.73. The number of thiol groups is 1. The van der Waals surface area contributed by atoms with Crippen LogP contribution in [0.5, 0.6) is 0 Å². The van der Waals surface area contributed by atoms with Crippen molar-refractivity contribution in [3.63, 3.8) is 0 Å². The molecule has 3 saturated heterocycles. The molecule has 3 atom stereocenters. The molecule has 0 aliphatic carbocycles. The standard InChI is InChI=1S/C28H25F4N3O3.C2H6.HIS/c1-26-15-35(14-16-2-4-18(5-3-16)28(30,31)32)11-10-27(26,38-26)21-7-8-22-20(24(21)29)12-17(13-33-22)19-6-9-23(36)34-25(19)37;2*1-2/h2-5,7-8,12-13,19H,6,9-11,14-15H2,1H3,(H,34,36,37);1-2H3;2H. The van der Waals surface area contributed by atoms with Crippen LogP contribution in [0.1, 0.15) is 68.2 Å². The van der Waals surface area contributed by atoms with E-state index in [2.05, 4.69) is 25.0 Å². The number of hydrogen-bond acceptors (Lipinski definition) is 6. The van der Waals surface area contributed by atoms with Crippen LogP contribution in [0.3, 0.4) is 0 Å². The molecule has 3 fully saturated rings. The number of nitrogens with one attached hydrogen (secondary N) is 1. The first-order valence-electron chi connectivity index (χ1n) is 13.7.